The maximum atomic E-state index is 11.5. The van der Waals surface area contributed by atoms with E-state index in [1.807, 2.05) is 37.3 Å². The standard InChI is InChI=1S/C14H18O3/c1-2-6-13(15)10-12(14(16)17)9-11-7-4-3-5-8-11/h3-5,7-8,12H,2,6,9-10H2,1H3,(H,16,17). The summed E-state index contributed by atoms with van der Waals surface area (Å²) in [5, 5.41) is 9.10. The minimum atomic E-state index is -0.890. The van der Waals surface area contributed by atoms with Crippen molar-refractivity contribution in [1.82, 2.24) is 0 Å². The van der Waals surface area contributed by atoms with Crippen molar-refractivity contribution in [3.63, 3.8) is 0 Å². The van der Waals surface area contributed by atoms with Crippen molar-refractivity contribution < 1.29 is 14.7 Å². The second-order valence-corrected chi connectivity index (χ2v) is 4.22. The Balaban J connectivity index is 2.61. The maximum absolute atomic E-state index is 11.5. The molecule has 1 N–H and O–H groups in total. The third-order valence-corrected chi connectivity index (χ3v) is 2.68. The third kappa shape index (κ3) is 4.81. The summed E-state index contributed by atoms with van der Waals surface area (Å²) in [4.78, 5) is 22.6. The number of rotatable bonds is 7. The highest BCUT2D eigenvalue weighted by Gasteiger charge is 2.20. The quantitative estimate of drug-likeness (QED) is 0.789. The van der Waals surface area contributed by atoms with Gasteiger partial charge in [-0.15, -0.1) is 0 Å². The molecule has 1 aromatic rings. The fourth-order valence-corrected chi connectivity index (χ4v) is 1.80. The smallest absolute Gasteiger partial charge is 0.307 e. The number of carboxylic acid groups (broad SMARTS) is 1. The molecular formula is C14H18O3. The van der Waals surface area contributed by atoms with Crippen LogP contribution in [0.15, 0.2) is 30.3 Å². The van der Waals surface area contributed by atoms with Gasteiger partial charge in [-0.1, -0.05) is 37.3 Å². The number of Topliss-reactive ketones (excluding diaryl/α,β-unsaturated/α-hetero) is 1. The van der Waals surface area contributed by atoms with Gasteiger partial charge in [-0.25, -0.2) is 0 Å². The Bertz CT molecular complexity index is 370. The van der Waals surface area contributed by atoms with Gasteiger partial charge in [0.1, 0.15) is 5.78 Å². The Morgan fingerprint density at radius 2 is 1.88 bits per heavy atom. The molecule has 0 heterocycles. The van der Waals surface area contributed by atoms with Gasteiger partial charge in [0.15, 0.2) is 0 Å². The van der Waals surface area contributed by atoms with E-state index in [2.05, 4.69) is 0 Å². The van der Waals surface area contributed by atoms with E-state index in [4.69, 9.17) is 5.11 Å². The first kappa shape index (κ1) is 13.4. The minimum Gasteiger partial charge on any atom is -0.481 e. The van der Waals surface area contributed by atoms with Crippen molar-refractivity contribution in [3.05, 3.63) is 35.9 Å². The Morgan fingerprint density at radius 3 is 2.41 bits per heavy atom. The van der Waals surface area contributed by atoms with Crippen molar-refractivity contribution >= 4 is 11.8 Å². The number of aliphatic carboxylic acids is 1. The number of hydrogen-bond donors (Lipinski definition) is 1. The number of ketones is 1. The van der Waals surface area contributed by atoms with Crippen LogP contribution in [0.1, 0.15) is 31.7 Å². The molecule has 0 radical (unpaired) electrons. The van der Waals surface area contributed by atoms with Crippen LogP contribution in [-0.4, -0.2) is 16.9 Å². The molecule has 3 heteroatoms. The molecule has 17 heavy (non-hydrogen) atoms. The fraction of sp³-hybridized carbons (Fsp3) is 0.429. The van der Waals surface area contributed by atoms with Crippen LogP contribution < -0.4 is 0 Å². The van der Waals surface area contributed by atoms with Crippen LogP contribution >= 0.6 is 0 Å². The van der Waals surface area contributed by atoms with E-state index in [1.54, 1.807) is 0 Å². The first-order valence-electron chi connectivity index (χ1n) is 5.92. The molecule has 0 saturated heterocycles. The second kappa shape index (κ2) is 6.84. The number of hydrogen-bond acceptors (Lipinski definition) is 2. The van der Waals surface area contributed by atoms with Gasteiger partial charge in [-0.3, -0.25) is 9.59 Å². The molecule has 1 atom stereocenters. The van der Waals surface area contributed by atoms with Crippen LogP contribution in [0.5, 0.6) is 0 Å². The Morgan fingerprint density at radius 1 is 1.24 bits per heavy atom. The van der Waals surface area contributed by atoms with E-state index in [-0.39, 0.29) is 12.2 Å². The first-order chi connectivity index (χ1) is 8.13. The molecule has 0 saturated carbocycles. The number of carbonyl (C=O) groups is 2. The zero-order valence-corrected chi connectivity index (χ0v) is 10.1. The SMILES string of the molecule is CCCC(=O)CC(Cc1ccccc1)C(=O)O. The highest BCUT2D eigenvalue weighted by Crippen LogP contribution is 2.14. The molecule has 1 rings (SSSR count). The summed E-state index contributed by atoms with van der Waals surface area (Å²) in [6.45, 7) is 1.92. The van der Waals surface area contributed by atoms with Crippen molar-refractivity contribution in [3.8, 4) is 0 Å². The number of carboxylic acids is 1. The highest BCUT2D eigenvalue weighted by molar-refractivity contribution is 5.83. The molecule has 0 aliphatic heterocycles. The lowest BCUT2D eigenvalue weighted by molar-refractivity contribution is -0.143. The maximum Gasteiger partial charge on any atom is 0.307 e. The summed E-state index contributed by atoms with van der Waals surface area (Å²) >= 11 is 0. The molecule has 1 aromatic carbocycles. The van der Waals surface area contributed by atoms with Crippen LogP contribution in [0, 0.1) is 5.92 Å². The molecule has 0 amide bonds. The van der Waals surface area contributed by atoms with Crippen molar-refractivity contribution in [2.75, 3.05) is 0 Å². The van der Waals surface area contributed by atoms with E-state index < -0.39 is 11.9 Å². The fourth-order valence-electron chi connectivity index (χ4n) is 1.80. The summed E-state index contributed by atoms with van der Waals surface area (Å²) in [6, 6.07) is 9.42. The molecule has 3 nitrogen and oxygen atoms in total. The lowest BCUT2D eigenvalue weighted by atomic mass is 9.93. The molecule has 1 unspecified atom stereocenters. The van der Waals surface area contributed by atoms with Gasteiger partial charge in [0.25, 0.3) is 0 Å². The Kier molecular flexibility index (Phi) is 5.40. The van der Waals surface area contributed by atoms with Gasteiger partial charge in [0.05, 0.1) is 5.92 Å². The minimum absolute atomic E-state index is 0.0378. The molecule has 0 aromatic heterocycles. The van der Waals surface area contributed by atoms with Gasteiger partial charge in [-0.2, -0.15) is 0 Å². The molecular weight excluding hydrogens is 216 g/mol. The summed E-state index contributed by atoms with van der Waals surface area (Å²) in [5.74, 6) is -1.45. The average Bonchev–Trinajstić information content (AvgIpc) is 2.29. The summed E-state index contributed by atoms with van der Waals surface area (Å²) in [6.07, 6.45) is 1.80. The zero-order chi connectivity index (χ0) is 12.7. The molecule has 0 fully saturated rings. The van der Waals surface area contributed by atoms with Gasteiger partial charge >= 0.3 is 5.97 Å². The molecule has 0 spiro atoms. The molecule has 0 bridgehead atoms. The average molecular weight is 234 g/mol. The lowest BCUT2D eigenvalue weighted by Crippen LogP contribution is -2.20. The highest BCUT2D eigenvalue weighted by atomic mass is 16.4. The van der Waals surface area contributed by atoms with E-state index in [1.165, 1.54) is 0 Å². The van der Waals surface area contributed by atoms with Gasteiger partial charge in [-0.05, 0) is 18.4 Å². The van der Waals surface area contributed by atoms with E-state index in [9.17, 15) is 9.59 Å². The van der Waals surface area contributed by atoms with Gasteiger partial charge < -0.3 is 5.11 Å². The Labute approximate surface area is 101 Å². The van der Waals surface area contributed by atoms with Crippen LogP contribution in [0.4, 0.5) is 0 Å². The summed E-state index contributed by atoms with van der Waals surface area (Å²) in [7, 11) is 0. The van der Waals surface area contributed by atoms with Gasteiger partial charge in [0, 0.05) is 12.8 Å². The lowest BCUT2D eigenvalue weighted by Gasteiger charge is -2.11. The van der Waals surface area contributed by atoms with Crippen molar-refractivity contribution in [2.24, 2.45) is 5.92 Å². The predicted octanol–water partition coefficient (Wildman–Crippen LogP) is 2.69. The monoisotopic (exact) mass is 234 g/mol. The topological polar surface area (TPSA) is 54.4 Å². The Hall–Kier alpha value is -1.64. The van der Waals surface area contributed by atoms with E-state index >= 15 is 0 Å². The third-order valence-electron chi connectivity index (χ3n) is 2.68. The molecule has 0 aliphatic carbocycles. The van der Waals surface area contributed by atoms with E-state index in [0.717, 1.165) is 12.0 Å². The summed E-state index contributed by atoms with van der Waals surface area (Å²) in [5.41, 5.74) is 0.962. The number of benzene rings is 1. The summed E-state index contributed by atoms with van der Waals surface area (Å²) < 4.78 is 0. The zero-order valence-electron chi connectivity index (χ0n) is 10.1. The predicted molar refractivity (Wildman–Crippen MR) is 65.8 cm³/mol. The normalized spacial score (nSPS) is 12.1. The molecule has 0 aliphatic rings. The van der Waals surface area contributed by atoms with Crippen LogP contribution in [0.25, 0.3) is 0 Å². The van der Waals surface area contributed by atoms with Gasteiger partial charge in [0.2, 0.25) is 0 Å². The second-order valence-electron chi connectivity index (χ2n) is 4.22. The van der Waals surface area contributed by atoms with Crippen LogP contribution in [0.3, 0.4) is 0 Å². The van der Waals surface area contributed by atoms with Crippen molar-refractivity contribution in [1.29, 1.82) is 0 Å². The number of carbonyl (C=O) groups excluding carboxylic acids is 1. The van der Waals surface area contributed by atoms with Crippen molar-refractivity contribution in [2.45, 2.75) is 32.6 Å². The van der Waals surface area contributed by atoms with E-state index in [0.29, 0.717) is 12.8 Å². The first-order valence-corrected chi connectivity index (χ1v) is 5.92. The largest absolute Gasteiger partial charge is 0.481 e. The molecule has 92 valence electrons. The van der Waals surface area contributed by atoms with Crippen LogP contribution in [0.2, 0.25) is 0 Å². The van der Waals surface area contributed by atoms with Crippen LogP contribution in [-0.2, 0) is 16.0 Å².